The Bertz CT molecular complexity index is 246. The van der Waals surface area contributed by atoms with E-state index in [4.69, 9.17) is 0 Å². The van der Waals surface area contributed by atoms with Crippen molar-refractivity contribution in [2.45, 2.75) is 40.7 Å². The topological polar surface area (TPSA) is 43.6 Å². The van der Waals surface area contributed by atoms with Crippen LogP contribution in [0.4, 0.5) is 0 Å². The van der Waals surface area contributed by atoms with Crippen molar-refractivity contribution in [3.05, 3.63) is 5.82 Å². The van der Waals surface area contributed by atoms with Crippen LogP contribution < -0.4 is 0 Å². The van der Waals surface area contributed by atoms with Crippen LogP contribution in [-0.4, -0.2) is 20.2 Å². The first kappa shape index (κ1) is 9.16. The van der Waals surface area contributed by atoms with Crippen molar-refractivity contribution in [2.24, 2.45) is 5.41 Å². The minimum Gasteiger partial charge on any atom is -0.230 e. The van der Waals surface area contributed by atoms with E-state index in [2.05, 4.69) is 36.3 Å². The molecule has 0 unspecified atom stereocenters. The second-order valence-corrected chi connectivity index (χ2v) is 4.26. The molecule has 0 aliphatic carbocycles. The molecule has 1 aromatic heterocycles. The maximum absolute atomic E-state index is 3.87. The molecule has 0 spiro atoms. The molecule has 0 saturated heterocycles. The summed E-state index contributed by atoms with van der Waals surface area (Å²) < 4.78 is 1.84. The van der Waals surface area contributed by atoms with Gasteiger partial charge in [0.1, 0.15) is 5.82 Å². The van der Waals surface area contributed by atoms with E-state index in [1.807, 2.05) is 11.6 Å². The lowest BCUT2D eigenvalue weighted by molar-refractivity contribution is 0.336. The van der Waals surface area contributed by atoms with E-state index in [0.717, 1.165) is 18.8 Å². The number of nitrogens with zero attached hydrogens (tertiary/aromatic N) is 4. The monoisotopic (exact) mass is 168 g/mol. The highest BCUT2D eigenvalue weighted by atomic mass is 15.5. The Hall–Kier alpha value is -0.930. The molecule has 68 valence electrons. The van der Waals surface area contributed by atoms with Gasteiger partial charge in [-0.15, -0.1) is 5.10 Å². The third kappa shape index (κ3) is 2.60. The molecule has 4 nitrogen and oxygen atoms in total. The molecule has 0 amide bonds. The van der Waals surface area contributed by atoms with E-state index in [9.17, 15) is 0 Å². The smallest absolute Gasteiger partial charge is 0.148 e. The lowest BCUT2D eigenvalue weighted by Gasteiger charge is -2.17. The lowest BCUT2D eigenvalue weighted by Crippen LogP contribution is -2.12. The number of rotatable bonds is 2. The van der Waals surface area contributed by atoms with Gasteiger partial charge >= 0.3 is 0 Å². The van der Waals surface area contributed by atoms with Crippen LogP contribution in [0.15, 0.2) is 0 Å². The maximum atomic E-state index is 3.87. The van der Waals surface area contributed by atoms with Crippen molar-refractivity contribution < 1.29 is 0 Å². The first-order chi connectivity index (χ1) is 5.49. The summed E-state index contributed by atoms with van der Waals surface area (Å²) in [5.74, 6) is 0.888. The van der Waals surface area contributed by atoms with E-state index >= 15 is 0 Å². The van der Waals surface area contributed by atoms with E-state index in [-0.39, 0.29) is 0 Å². The summed E-state index contributed by atoms with van der Waals surface area (Å²) in [6.07, 6.45) is 1.10. The molecule has 0 aliphatic rings. The van der Waals surface area contributed by atoms with Crippen LogP contribution in [-0.2, 0) is 6.54 Å². The van der Waals surface area contributed by atoms with Crippen molar-refractivity contribution in [1.29, 1.82) is 0 Å². The van der Waals surface area contributed by atoms with Crippen LogP contribution in [0.25, 0.3) is 0 Å². The minimum atomic E-state index is 0.346. The van der Waals surface area contributed by atoms with Gasteiger partial charge in [0.2, 0.25) is 0 Å². The van der Waals surface area contributed by atoms with E-state index < -0.39 is 0 Å². The van der Waals surface area contributed by atoms with E-state index in [0.29, 0.717) is 5.41 Å². The van der Waals surface area contributed by atoms with Crippen LogP contribution >= 0.6 is 0 Å². The fraction of sp³-hybridized carbons (Fsp3) is 0.875. The molecule has 1 rings (SSSR count). The van der Waals surface area contributed by atoms with Gasteiger partial charge in [-0.3, -0.25) is 0 Å². The minimum absolute atomic E-state index is 0.346. The molecular weight excluding hydrogens is 152 g/mol. The second-order valence-electron chi connectivity index (χ2n) is 4.26. The van der Waals surface area contributed by atoms with Gasteiger partial charge in [-0.2, -0.15) is 0 Å². The SMILES string of the molecule is Cc1nnnn1CCC(C)(C)C. The largest absolute Gasteiger partial charge is 0.230 e. The van der Waals surface area contributed by atoms with E-state index in [1.165, 1.54) is 0 Å². The normalized spacial score (nSPS) is 12.0. The Morgan fingerprint density at radius 3 is 2.42 bits per heavy atom. The van der Waals surface area contributed by atoms with Crippen LogP contribution in [0.3, 0.4) is 0 Å². The van der Waals surface area contributed by atoms with E-state index in [1.54, 1.807) is 0 Å². The highest BCUT2D eigenvalue weighted by Crippen LogP contribution is 2.18. The summed E-state index contributed by atoms with van der Waals surface area (Å²) in [7, 11) is 0. The maximum Gasteiger partial charge on any atom is 0.148 e. The molecule has 0 radical (unpaired) electrons. The molecule has 0 aromatic carbocycles. The number of hydrogen-bond acceptors (Lipinski definition) is 3. The molecule has 0 aliphatic heterocycles. The number of hydrogen-bond donors (Lipinski definition) is 0. The van der Waals surface area contributed by atoms with Gasteiger partial charge in [0.05, 0.1) is 0 Å². The average molecular weight is 168 g/mol. The molecule has 4 heteroatoms. The fourth-order valence-corrected chi connectivity index (χ4v) is 0.897. The number of aryl methyl sites for hydroxylation is 2. The van der Waals surface area contributed by atoms with Gasteiger partial charge < -0.3 is 0 Å². The Balaban J connectivity index is 2.49. The summed E-state index contributed by atoms with van der Waals surface area (Å²) in [6.45, 7) is 9.47. The van der Waals surface area contributed by atoms with Gasteiger partial charge in [0.15, 0.2) is 0 Å². The molecular formula is C8H16N4. The molecule has 12 heavy (non-hydrogen) atoms. The summed E-state index contributed by atoms with van der Waals surface area (Å²) >= 11 is 0. The average Bonchev–Trinajstić information content (AvgIpc) is 2.29. The molecule has 1 heterocycles. The van der Waals surface area contributed by atoms with Crippen molar-refractivity contribution in [1.82, 2.24) is 20.2 Å². The van der Waals surface area contributed by atoms with Crippen LogP contribution in [0.5, 0.6) is 0 Å². The Kier molecular flexibility index (Phi) is 2.45. The molecule has 0 fully saturated rings. The van der Waals surface area contributed by atoms with Crippen LogP contribution in [0.1, 0.15) is 33.0 Å². The first-order valence-corrected chi connectivity index (χ1v) is 4.22. The molecule has 1 aromatic rings. The Morgan fingerprint density at radius 2 is 2.00 bits per heavy atom. The zero-order valence-electron chi connectivity index (χ0n) is 8.20. The number of aromatic nitrogens is 4. The third-order valence-corrected chi connectivity index (χ3v) is 1.78. The van der Waals surface area contributed by atoms with Crippen LogP contribution in [0.2, 0.25) is 0 Å². The van der Waals surface area contributed by atoms with Gasteiger partial charge in [0.25, 0.3) is 0 Å². The zero-order chi connectivity index (χ0) is 9.19. The third-order valence-electron chi connectivity index (χ3n) is 1.78. The van der Waals surface area contributed by atoms with Crippen molar-refractivity contribution >= 4 is 0 Å². The van der Waals surface area contributed by atoms with Gasteiger partial charge in [0, 0.05) is 6.54 Å². The molecule has 0 saturated carbocycles. The van der Waals surface area contributed by atoms with Crippen molar-refractivity contribution in [3.63, 3.8) is 0 Å². The molecule has 0 atom stereocenters. The molecule has 0 N–H and O–H groups in total. The quantitative estimate of drug-likeness (QED) is 0.670. The predicted octanol–water partition coefficient (Wildman–Crippen LogP) is 1.42. The molecule has 0 bridgehead atoms. The summed E-state index contributed by atoms with van der Waals surface area (Å²) in [5.41, 5.74) is 0.346. The second kappa shape index (κ2) is 3.21. The fourth-order valence-electron chi connectivity index (χ4n) is 0.897. The summed E-state index contributed by atoms with van der Waals surface area (Å²) in [6, 6.07) is 0. The van der Waals surface area contributed by atoms with Gasteiger partial charge in [-0.05, 0) is 29.2 Å². The van der Waals surface area contributed by atoms with Gasteiger partial charge in [-0.25, -0.2) is 4.68 Å². The van der Waals surface area contributed by atoms with Crippen molar-refractivity contribution in [3.8, 4) is 0 Å². The highest BCUT2D eigenvalue weighted by Gasteiger charge is 2.11. The summed E-state index contributed by atoms with van der Waals surface area (Å²) in [5, 5.41) is 11.3. The summed E-state index contributed by atoms with van der Waals surface area (Å²) in [4.78, 5) is 0. The number of tetrazole rings is 1. The lowest BCUT2D eigenvalue weighted by atomic mass is 9.92. The first-order valence-electron chi connectivity index (χ1n) is 4.22. The predicted molar refractivity (Wildman–Crippen MR) is 46.6 cm³/mol. The Morgan fingerprint density at radius 1 is 1.33 bits per heavy atom. The standard InChI is InChI=1S/C8H16N4/c1-7-9-10-11-12(7)6-5-8(2,3)4/h5-6H2,1-4H3. The zero-order valence-corrected chi connectivity index (χ0v) is 8.20. The van der Waals surface area contributed by atoms with Gasteiger partial charge in [-0.1, -0.05) is 20.8 Å². The van der Waals surface area contributed by atoms with Crippen molar-refractivity contribution in [2.75, 3.05) is 0 Å². The Labute approximate surface area is 73.0 Å². The van der Waals surface area contributed by atoms with Crippen LogP contribution in [0, 0.1) is 12.3 Å². The highest BCUT2D eigenvalue weighted by molar-refractivity contribution is 4.74.